The third kappa shape index (κ3) is 5.61. The molecule has 2 aliphatic rings. The number of rotatable bonds is 8. The summed E-state index contributed by atoms with van der Waals surface area (Å²) in [6.07, 6.45) is 7.39. The van der Waals surface area contributed by atoms with Crippen LogP contribution in [-0.2, 0) is 17.8 Å². The molecule has 0 bridgehead atoms. The molecule has 0 radical (unpaired) electrons. The number of carbonyl (C=O) groups is 1. The van der Waals surface area contributed by atoms with Crippen molar-refractivity contribution in [2.24, 2.45) is 5.92 Å². The predicted octanol–water partition coefficient (Wildman–Crippen LogP) is 3.46. The molecule has 190 valence electrons. The quantitative estimate of drug-likeness (QED) is 0.398. The summed E-state index contributed by atoms with van der Waals surface area (Å²) < 4.78 is 5.15. The molecule has 1 aromatic carbocycles. The minimum absolute atomic E-state index is 0.336. The molecule has 6 rings (SSSR count). The van der Waals surface area contributed by atoms with Gasteiger partial charge in [-0.15, -0.1) is 0 Å². The number of amides is 1. The van der Waals surface area contributed by atoms with Gasteiger partial charge in [-0.25, -0.2) is 9.97 Å². The lowest BCUT2D eigenvalue weighted by atomic mass is 10.1. The van der Waals surface area contributed by atoms with Crippen molar-refractivity contribution in [3.05, 3.63) is 65.9 Å². The lowest BCUT2D eigenvalue weighted by Gasteiger charge is -2.35. The van der Waals surface area contributed by atoms with E-state index in [1.807, 2.05) is 35.4 Å². The number of nitrogens with zero attached hydrogens (tertiary/aromatic N) is 6. The molecule has 1 saturated carbocycles. The number of hydrogen-bond acceptors (Lipinski definition) is 7. The van der Waals surface area contributed by atoms with E-state index in [0.29, 0.717) is 24.3 Å². The zero-order chi connectivity index (χ0) is 25.2. The Bertz CT molecular complexity index is 1410. The monoisotopic (exact) mass is 497 g/mol. The lowest BCUT2D eigenvalue weighted by molar-refractivity contribution is -0.133. The number of carbonyl (C=O) groups excluding carboxylic acids is 1. The summed E-state index contributed by atoms with van der Waals surface area (Å²) in [5.41, 5.74) is 5.85. The van der Waals surface area contributed by atoms with Crippen molar-refractivity contribution < 1.29 is 9.53 Å². The molecule has 1 N–H and O–H groups in total. The predicted molar refractivity (Wildman–Crippen MR) is 140 cm³/mol. The van der Waals surface area contributed by atoms with Crippen LogP contribution >= 0.6 is 0 Å². The summed E-state index contributed by atoms with van der Waals surface area (Å²) in [5.74, 6) is 1.86. The van der Waals surface area contributed by atoms with Crippen molar-refractivity contribution in [3.63, 3.8) is 0 Å². The van der Waals surface area contributed by atoms with Gasteiger partial charge >= 0.3 is 6.01 Å². The van der Waals surface area contributed by atoms with Crippen LogP contribution in [0.2, 0.25) is 0 Å². The first-order valence-electron chi connectivity index (χ1n) is 12.9. The summed E-state index contributed by atoms with van der Waals surface area (Å²) in [5, 5.41) is 0. The number of piperazine rings is 1. The van der Waals surface area contributed by atoms with E-state index in [1.54, 1.807) is 13.3 Å². The van der Waals surface area contributed by atoms with Crippen LogP contribution in [0.4, 0.5) is 0 Å². The van der Waals surface area contributed by atoms with Crippen molar-refractivity contribution in [1.82, 2.24) is 34.7 Å². The van der Waals surface area contributed by atoms with Gasteiger partial charge in [0.1, 0.15) is 5.82 Å². The highest BCUT2D eigenvalue weighted by Gasteiger charge is 2.28. The first kappa shape index (κ1) is 23.5. The molecule has 0 unspecified atom stereocenters. The second kappa shape index (κ2) is 10.3. The van der Waals surface area contributed by atoms with Gasteiger partial charge in [0.05, 0.1) is 23.8 Å². The number of aromatic nitrogens is 5. The maximum absolute atomic E-state index is 12.4. The fourth-order valence-corrected chi connectivity index (χ4v) is 4.91. The summed E-state index contributed by atoms with van der Waals surface area (Å²) in [7, 11) is 1.56. The lowest BCUT2D eigenvalue weighted by Crippen LogP contribution is -2.48. The Hall–Kier alpha value is -3.85. The van der Waals surface area contributed by atoms with Gasteiger partial charge < -0.3 is 14.6 Å². The number of methoxy groups -OCH3 is 1. The molecule has 3 aromatic heterocycles. The third-order valence-electron chi connectivity index (χ3n) is 7.16. The Morgan fingerprint density at radius 1 is 1.03 bits per heavy atom. The minimum Gasteiger partial charge on any atom is -0.467 e. The molecule has 1 amide bonds. The van der Waals surface area contributed by atoms with E-state index in [4.69, 9.17) is 9.72 Å². The second-order valence-corrected chi connectivity index (χ2v) is 9.98. The number of aromatic amines is 1. The Morgan fingerprint density at radius 2 is 1.86 bits per heavy atom. The molecular formula is C28H31N7O2. The molecule has 1 aliphatic heterocycles. The maximum atomic E-state index is 12.4. The molecule has 0 atom stereocenters. The first-order chi connectivity index (χ1) is 18.1. The van der Waals surface area contributed by atoms with Gasteiger partial charge in [0, 0.05) is 69.2 Å². The number of fused-ring (bicyclic) bond motifs is 1. The standard InChI is InChI=1S/C28H31N7O2/c1-37-28-30-9-7-23(33-28)21-4-5-24-25(16-21)32-26(31-24)17-22-14-20(6-8-29-22)18-34-10-12-35(13-11-34)27(36)15-19-2-3-19/h4-9,14,16,19H,2-3,10-13,15,17-18H2,1H3,(H,31,32). The van der Waals surface area contributed by atoms with Crippen molar-refractivity contribution in [2.45, 2.75) is 32.2 Å². The van der Waals surface area contributed by atoms with Gasteiger partial charge in [0.15, 0.2) is 0 Å². The Morgan fingerprint density at radius 3 is 2.68 bits per heavy atom. The number of ether oxygens (including phenoxy) is 1. The van der Waals surface area contributed by atoms with Gasteiger partial charge in [-0.2, -0.15) is 4.98 Å². The highest BCUT2D eigenvalue weighted by Crippen LogP contribution is 2.33. The number of pyridine rings is 1. The van der Waals surface area contributed by atoms with Crippen LogP contribution in [0.3, 0.4) is 0 Å². The van der Waals surface area contributed by atoms with Crippen LogP contribution in [0.5, 0.6) is 6.01 Å². The van der Waals surface area contributed by atoms with E-state index in [-0.39, 0.29) is 0 Å². The number of H-pyrrole nitrogens is 1. The SMILES string of the molecule is COc1nccc(-c2ccc3nc(Cc4cc(CN5CCN(C(=O)CC6CC6)CC5)ccn4)[nH]c3c2)n1. The normalized spacial score (nSPS) is 16.3. The number of benzene rings is 1. The number of hydrogen-bond donors (Lipinski definition) is 1. The van der Waals surface area contributed by atoms with Crippen LogP contribution in [-0.4, -0.2) is 73.9 Å². The van der Waals surface area contributed by atoms with Crippen molar-refractivity contribution in [1.29, 1.82) is 0 Å². The zero-order valence-electron chi connectivity index (χ0n) is 21.1. The van der Waals surface area contributed by atoms with E-state index in [9.17, 15) is 4.79 Å². The smallest absolute Gasteiger partial charge is 0.316 e. The molecule has 4 heterocycles. The molecule has 9 nitrogen and oxygen atoms in total. The van der Waals surface area contributed by atoms with Crippen molar-refractivity contribution in [2.75, 3.05) is 33.3 Å². The number of imidazole rings is 1. The highest BCUT2D eigenvalue weighted by atomic mass is 16.5. The van der Waals surface area contributed by atoms with E-state index in [1.165, 1.54) is 18.4 Å². The van der Waals surface area contributed by atoms with E-state index >= 15 is 0 Å². The molecule has 1 aliphatic carbocycles. The van der Waals surface area contributed by atoms with Gasteiger partial charge in [-0.05, 0) is 54.7 Å². The highest BCUT2D eigenvalue weighted by molar-refractivity contribution is 5.81. The maximum Gasteiger partial charge on any atom is 0.316 e. The third-order valence-corrected chi connectivity index (χ3v) is 7.16. The molecule has 37 heavy (non-hydrogen) atoms. The van der Waals surface area contributed by atoms with Gasteiger partial charge in [0.25, 0.3) is 0 Å². The number of nitrogens with one attached hydrogen (secondary N) is 1. The average Bonchev–Trinajstić information content (AvgIpc) is 3.65. The summed E-state index contributed by atoms with van der Waals surface area (Å²) in [6.45, 7) is 4.35. The summed E-state index contributed by atoms with van der Waals surface area (Å²) in [6, 6.07) is 12.5. The van der Waals surface area contributed by atoms with E-state index < -0.39 is 0 Å². The van der Waals surface area contributed by atoms with Crippen LogP contribution in [0.1, 0.15) is 36.3 Å². The van der Waals surface area contributed by atoms with Crippen molar-refractivity contribution in [3.8, 4) is 17.3 Å². The van der Waals surface area contributed by atoms with Gasteiger partial charge in [-0.1, -0.05) is 6.07 Å². The van der Waals surface area contributed by atoms with Crippen molar-refractivity contribution >= 4 is 16.9 Å². The first-order valence-corrected chi connectivity index (χ1v) is 12.9. The fourth-order valence-electron chi connectivity index (χ4n) is 4.91. The zero-order valence-corrected chi connectivity index (χ0v) is 21.1. The molecule has 2 fully saturated rings. The average molecular weight is 498 g/mol. The van der Waals surface area contributed by atoms with Crippen LogP contribution in [0.25, 0.3) is 22.3 Å². The second-order valence-electron chi connectivity index (χ2n) is 9.98. The van der Waals surface area contributed by atoms with Crippen LogP contribution in [0, 0.1) is 5.92 Å². The topological polar surface area (TPSA) is 100 Å². The molecular weight excluding hydrogens is 466 g/mol. The molecule has 0 spiro atoms. The van der Waals surface area contributed by atoms with E-state index in [0.717, 1.165) is 73.0 Å². The van der Waals surface area contributed by atoms with Crippen LogP contribution < -0.4 is 4.74 Å². The Kier molecular flexibility index (Phi) is 6.53. The Balaban J connectivity index is 1.09. The van der Waals surface area contributed by atoms with Crippen LogP contribution in [0.15, 0.2) is 48.8 Å². The minimum atomic E-state index is 0.336. The van der Waals surface area contributed by atoms with Gasteiger partial charge in [-0.3, -0.25) is 14.7 Å². The van der Waals surface area contributed by atoms with Gasteiger partial charge in [0.2, 0.25) is 5.91 Å². The Labute approximate surface area is 215 Å². The molecule has 9 heteroatoms. The summed E-state index contributed by atoms with van der Waals surface area (Å²) >= 11 is 0. The molecule has 1 saturated heterocycles. The fraction of sp³-hybridized carbons (Fsp3) is 0.393. The van der Waals surface area contributed by atoms with E-state index in [2.05, 4.69) is 37.0 Å². The molecule has 4 aromatic rings. The largest absolute Gasteiger partial charge is 0.467 e. The summed E-state index contributed by atoms with van der Waals surface area (Å²) in [4.78, 5) is 38.2.